The molecule has 5 heteroatoms. The number of hydrogen-bond acceptors (Lipinski definition) is 2. The molecule has 0 bridgehead atoms. The zero-order valence-electron chi connectivity index (χ0n) is 10.8. The first-order valence-corrected chi connectivity index (χ1v) is 7.64. The smallest absolute Gasteiger partial charge is 0.337 e. The summed E-state index contributed by atoms with van der Waals surface area (Å²) >= 11 is 3.41. The van der Waals surface area contributed by atoms with E-state index < -0.39 is 5.97 Å². The van der Waals surface area contributed by atoms with Crippen LogP contribution in [0.2, 0.25) is 0 Å². The van der Waals surface area contributed by atoms with Crippen LogP contribution in [0, 0.1) is 0 Å². The van der Waals surface area contributed by atoms with Crippen molar-refractivity contribution in [3.8, 4) is 0 Å². The summed E-state index contributed by atoms with van der Waals surface area (Å²) in [6.07, 6.45) is 9.06. The zero-order chi connectivity index (χ0) is 13.5. The molecule has 1 aliphatic heterocycles. The van der Waals surface area contributed by atoms with Gasteiger partial charge in [0.25, 0.3) is 0 Å². The van der Waals surface area contributed by atoms with E-state index in [0.29, 0.717) is 5.56 Å². The van der Waals surface area contributed by atoms with Crippen molar-refractivity contribution in [3.05, 3.63) is 22.4 Å². The van der Waals surface area contributed by atoms with E-state index in [9.17, 15) is 4.79 Å². The molecular weight excluding hydrogens is 310 g/mol. The second-order valence-corrected chi connectivity index (χ2v) is 6.49. The van der Waals surface area contributed by atoms with E-state index >= 15 is 0 Å². The molecule has 1 spiro atoms. The van der Waals surface area contributed by atoms with Crippen molar-refractivity contribution in [2.45, 2.75) is 56.8 Å². The van der Waals surface area contributed by atoms with Gasteiger partial charge in [0.05, 0.1) is 21.9 Å². The quantitative estimate of drug-likeness (QED) is 0.925. The minimum absolute atomic E-state index is 0.139. The first-order valence-electron chi connectivity index (χ1n) is 6.85. The van der Waals surface area contributed by atoms with Crippen LogP contribution in [-0.2, 0) is 11.3 Å². The van der Waals surface area contributed by atoms with Crippen molar-refractivity contribution in [1.29, 1.82) is 0 Å². The standard InChI is InChI=1S/C14H18BrNO3/c15-12-7-10(13(17)18)8-16(12)9-11-3-6-14(19-11)4-1-2-5-14/h7-8,11H,1-6,9H2,(H,17,18). The lowest BCUT2D eigenvalue weighted by molar-refractivity contribution is -0.0419. The molecule has 19 heavy (non-hydrogen) atoms. The number of rotatable bonds is 3. The number of carbonyl (C=O) groups is 1. The van der Waals surface area contributed by atoms with Crippen molar-refractivity contribution in [2.24, 2.45) is 0 Å². The largest absolute Gasteiger partial charge is 0.478 e. The number of nitrogens with zero attached hydrogens (tertiary/aromatic N) is 1. The molecule has 1 saturated heterocycles. The monoisotopic (exact) mass is 327 g/mol. The number of halogens is 1. The topological polar surface area (TPSA) is 51.5 Å². The second kappa shape index (κ2) is 4.94. The highest BCUT2D eigenvalue weighted by atomic mass is 79.9. The van der Waals surface area contributed by atoms with Crippen LogP contribution in [0.4, 0.5) is 0 Å². The number of aromatic carboxylic acids is 1. The molecule has 0 radical (unpaired) electrons. The SMILES string of the molecule is O=C(O)c1cc(Br)n(CC2CCC3(CCCC3)O2)c1. The lowest BCUT2D eigenvalue weighted by Crippen LogP contribution is -2.26. The molecule has 1 aromatic rings. The zero-order valence-corrected chi connectivity index (χ0v) is 12.4. The molecule has 2 fully saturated rings. The molecule has 1 unspecified atom stereocenters. The molecule has 1 aromatic heterocycles. The average Bonchev–Trinajstić information content (AvgIpc) is 3.05. The molecule has 1 N–H and O–H groups in total. The molecule has 4 nitrogen and oxygen atoms in total. The van der Waals surface area contributed by atoms with Crippen LogP contribution >= 0.6 is 15.9 Å². The van der Waals surface area contributed by atoms with Gasteiger partial charge in [-0.1, -0.05) is 12.8 Å². The fourth-order valence-electron chi connectivity index (χ4n) is 3.37. The average molecular weight is 328 g/mol. The van der Waals surface area contributed by atoms with Gasteiger partial charge >= 0.3 is 5.97 Å². The third kappa shape index (κ3) is 2.58. The Labute approximate surface area is 120 Å². The molecule has 0 amide bonds. The summed E-state index contributed by atoms with van der Waals surface area (Å²) in [6, 6.07) is 1.64. The predicted octanol–water partition coefficient (Wildman–Crippen LogP) is 3.44. The van der Waals surface area contributed by atoms with Gasteiger partial charge in [0, 0.05) is 12.7 Å². The van der Waals surface area contributed by atoms with Crippen LogP contribution in [0.15, 0.2) is 16.9 Å². The van der Waals surface area contributed by atoms with Crippen molar-refractivity contribution in [2.75, 3.05) is 0 Å². The maximum absolute atomic E-state index is 10.9. The van der Waals surface area contributed by atoms with E-state index in [1.165, 1.54) is 25.7 Å². The lowest BCUT2D eigenvalue weighted by Gasteiger charge is -2.24. The van der Waals surface area contributed by atoms with Crippen LogP contribution in [0.1, 0.15) is 48.9 Å². The van der Waals surface area contributed by atoms with Gasteiger partial charge in [-0.25, -0.2) is 4.79 Å². The highest BCUT2D eigenvalue weighted by molar-refractivity contribution is 9.10. The first-order chi connectivity index (χ1) is 9.08. The number of carboxylic acids is 1. The van der Waals surface area contributed by atoms with E-state index in [1.807, 2.05) is 4.57 Å². The Morgan fingerprint density at radius 3 is 2.84 bits per heavy atom. The third-order valence-corrected chi connectivity index (χ3v) is 5.03. The van der Waals surface area contributed by atoms with Gasteiger partial charge in [-0.15, -0.1) is 0 Å². The number of carboxylic acid groups (broad SMARTS) is 1. The van der Waals surface area contributed by atoms with Gasteiger partial charge in [0.1, 0.15) is 0 Å². The van der Waals surface area contributed by atoms with Gasteiger partial charge in [-0.05, 0) is 47.7 Å². The van der Waals surface area contributed by atoms with E-state index in [4.69, 9.17) is 9.84 Å². The fourth-order valence-corrected chi connectivity index (χ4v) is 3.86. The Morgan fingerprint density at radius 1 is 1.47 bits per heavy atom. The molecule has 0 aromatic carbocycles. The van der Waals surface area contributed by atoms with Crippen LogP contribution in [0.3, 0.4) is 0 Å². The summed E-state index contributed by atoms with van der Waals surface area (Å²) < 4.78 is 8.99. The van der Waals surface area contributed by atoms with E-state index in [2.05, 4.69) is 15.9 Å². The lowest BCUT2D eigenvalue weighted by atomic mass is 9.98. The Kier molecular flexibility index (Phi) is 3.43. The summed E-state index contributed by atoms with van der Waals surface area (Å²) in [6.45, 7) is 0.732. The molecule has 2 aliphatic rings. The van der Waals surface area contributed by atoms with E-state index in [1.54, 1.807) is 12.3 Å². The van der Waals surface area contributed by atoms with Gasteiger partial charge in [-0.2, -0.15) is 0 Å². The first kappa shape index (κ1) is 13.2. The molecule has 104 valence electrons. The van der Waals surface area contributed by atoms with Crippen molar-refractivity contribution < 1.29 is 14.6 Å². The number of ether oxygens (including phenoxy) is 1. The highest BCUT2D eigenvalue weighted by Gasteiger charge is 2.42. The molecule has 2 heterocycles. The van der Waals surface area contributed by atoms with E-state index in [0.717, 1.165) is 24.0 Å². The van der Waals surface area contributed by atoms with Crippen molar-refractivity contribution in [1.82, 2.24) is 4.57 Å². The molecule has 3 rings (SSSR count). The molecule has 1 atom stereocenters. The van der Waals surface area contributed by atoms with Gasteiger partial charge in [-0.3, -0.25) is 0 Å². The Hall–Kier alpha value is -0.810. The molecular formula is C14H18BrNO3. The Balaban J connectivity index is 1.67. The number of hydrogen-bond donors (Lipinski definition) is 1. The fraction of sp³-hybridized carbons (Fsp3) is 0.643. The van der Waals surface area contributed by atoms with Crippen LogP contribution in [0.25, 0.3) is 0 Å². The maximum Gasteiger partial charge on any atom is 0.337 e. The minimum Gasteiger partial charge on any atom is -0.478 e. The summed E-state index contributed by atoms with van der Waals surface area (Å²) in [5.41, 5.74) is 0.459. The Bertz CT molecular complexity index is 491. The Morgan fingerprint density at radius 2 is 2.21 bits per heavy atom. The summed E-state index contributed by atoms with van der Waals surface area (Å²) in [5, 5.41) is 8.99. The van der Waals surface area contributed by atoms with Gasteiger partial charge in [0.15, 0.2) is 0 Å². The van der Waals surface area contributed by atoms with Gasteiger partial charge < -0.3 is 14.4 Å². The maximum atomic E-state index is 10.9. The molecule has 1 saturated carbocycles. The summed E-state index contributed by atoms with van der Waals surface area (Å²) in [7, 11) is 0. The van der Waals surface area contributed by atoms with E-state index in [-0.39, 0.29) is 11.7 Å². The summed E-state index contributed by atoms with van der Waals surface area (Å²) in [5.74, 6) is -0.890. The second-order valence-electron chi connectivity index (χ2n) is 5.68. The summed E-state index contributed by atoms with van der Waals surface area (Å²) in [4.78, 5) is 10.9. The van der Waals surface area contributed by atoms with Crippen LogP contribution in [0.5, 0.6) is 0 Å². The normalized spacial score (nSPS) is 25.2. The predicted molar refractivity (Wildman–Crippen MR) is 74.4 cm³/mol. The minimum atomic E-state index is -0.890. The highest BCUT2D eigenvalue weighted by Crippen LogP contribution is 2.43. The van der Waals surface area contributed by atoms with Crippen molar-refractivity contribution in [3.63, 3.8) is 0 Å². The number of aromatic nitrogens is 1. The van der Waals surface area contributed by atoms with Crippen LogP contribution in [-0.4, -0.2) is 27.3 Å². The van der Waals surface area contributed by atoms with Crippen molar-refractivity contribution >= 4 is 21.9 Å². The van der Waals surface area contributed by atoms with Gasteiger partial charge in [0.2, 0.25) is 0 Å². The van der Waals surface area contributed by atoms with Crippen LogP contribution < -0.4 is 0 Å². The third-order valence-electron chi connectivity index (χ3n) is 4.34. The molecule has 1 aliphatic carbocycles.